The Bertz CT molecular complexity index is 916. The van der Waals surface area contributed by atoms with Gasteiger partial charge in [-0.1, -0.05) is 12.1 Å². The molecule has 0 fully saturated rings. The first-order valence-corrected chi connectivity index (χ1v) is 9.63. The minimum absolute atomic E-state index is 0.231. The second-order valence-electron chi connectivity index (χ2n) is 6.73. The van der Waals surface area contributed by atoms with Gasteiger partial charge in [-0.25, -0.2) is 4.39 Å². The number of rotatable bonds is 11. The molecule has 0 aliphatic carbocycles. The topological polar surface area (TPSA) is 111 Å². The highest BCUT2D eigenvalue weighted by molar-refractivity contribution is 5.99. The maximum atomic E-state index is 13.7. The van der Waals surface area contributed by atoms with Crippen LogP contribution in [-0.4, -0.2) is 36.8 Å². The minimum Gasteiger partial charge on any atom is -0.479 e. The van der Waals surface area contributed by atoms with Gasteiger partial charge in [-0.15, -0.1) is 0 Å². The number of carbonyl (C=O) groups is 3. The van der Waals surface area contributed by atoms with Crippen LogP contribution in [0.2, 0.25) is 0 Å². The summed E-state index contributed by atoms with van der Waals surface area (Å²) < 4.78 is 32.3. The molecule has 0 aliphatic heterocycles. The molecule has 0 spiro atoms. The molecule has 1 atom stereocenters. The monoisotopic (exact) mass is 431 g/mol. The number of ketones is 1. The number of halogens is 2. The molecule has 2 rings (SSSR count). The van der Waals surface area contributed by atoms with Gasteiger partial charge < -0.3 is 21.1 Å². The third-order valence-electron chi connectivity index (χ3n) is 4.24. The summed E-state index contributed by atoms with van der Waals surface area (Å²) in [7, 11) is 0. The van der Waals surface area contributed by atoms with E-state index in [1.165, 1.54) is 19.1 Å². The van der Waals surface area contributed by atoms with E-state index in [0.29, 0.717) is 25.1 Å². The van der Waals surface area contributed by atoms with E-state index in [1.54, 1.807) is 12.1 Å². The summed E-state index contributed by atoms with van der Waals surface area (Å²) in [6.07, 6.45) is 1.46. The van der Waals surface area contributed by atoms with E-state index in [0.717, 1.165) is 6.07 Å². The zero-order valence-electron chi connectivity index (χ0n) is 17.0. The van der Waals surface area contributed by atoms with Crippen molar-refractivity contribution in [2.75, 3.05) is 18.5 Å². The molecule has 2 aromatic rings. The van der Waals surface area contributed by atoms with Crippen LogP contribution in [0.5, 0.6) is 5.75 Å². The Morgan fingerprint density at radius 1 is 1.23 bits per heavy atom. The van der Waals surface area contributed by atoms with E-state index in [2.05, 4.69) is 16.7 Å². The minimum atomic E-state index is -1.11. The van der Waals surface area contributed by atoms with Crippen LogP contribution in [-0.2, 0) is 9.59 Å². The van der Waals surface area contributed by atoms with Crippen molar-refractivity contribution in [1.82, 2.24) is 5.32 Å². The number of hydrogen-bond donors (Lipinski definition) is 3. The maximum absolute atomic E-state index is 13.7. The van der Waals surface area contributed by atoms with Gasteiger partial charge in [0.05, 0.1) is 6.04 Å². The van der Waals surface area contributed by atoms with Gasteiger partial charge in [-0.2, -0.15) is 4.39 Å². The number of anilines is 1. The number of hydrogen-bond acceptors (Lipinski definition) is 5. The van der Waals surface area contributed by atoms with E-state index < -0.39 is 41.7 Å². The summed E-state index contributed by atoms with van der Waals surface area (Å²) >= 11 is 0. The van der Waals surface area contributed by atoms with Crippen molar-refractivity contribution in [3.05, 3.63) is 59.7 Å². The molecule has 7 nitrogen and oxygen atoms in total. The fourth-order valence-corrected chi connectivity index (χ4v) is 2.76. The molecular weight excluding hydrogens is 408 g/mol. The van der Waals surface area contributed by atoms with Crippen LogP contribution in [0.1, 0.15) is 36.5 Å². The van der Waals surface area contributed by atoms with Crippen molar-refractivity contribution in [3.8, 4) is 5.75 Å². The van der Waals surface area contributed by atoms with Crippen molar-refractivity contribution in [2.24, 2.45) is 5.73 Å². The first-order chi connectivity index (χ1) is 14.8. The summed E-state index contributed by atoms with van der Waals surface area (Å²) in [6.45, 7) is 1.11. The fourth-order valence-electron chi connectivity index (χ4n) is 2.76. The largest absolute Gasteiger partial charge is 0.479 e. The third kappa shape index (κ3) is 7.35. The van der Waals surface area contributed by atoms with Gasteiger partial charge in [-0.05, 0) is 50.1 Å². The van der Waals surface area contributed by atoms with Crippen LogP contribution < -0.4 is 21.1 Å². The van der Waals surface area contributed by atoms with E-state index >= 15 is 0 Å². The van der Waals surface area contributed by atoms with Crippen molar-refractivity contribution in [1.29, 1.82) is 0 Å². The summed E-state index contributed by atoms with van der Waals surface area (Å²) in [5.41, 5.74) is 6.15. The summed E-state index contributed by atoms with van der Waals surface area (Å²) in [6, 6.07) is 10.3. The number of Topliss-reactive ketones (excluding diaryl/α,β-unsaturated/α-hetero) is 1. The number of nitrogens with one attached hydrogen (secondary N) is 2. The number of benzene rings is 1. The quantitative estimate of drug-likeness (QED) is 0.473. The molecular formula is C22H23F2N3O4. The zero-order valence-corrected chi connectivity index (χ0v) is 17.0. The van der Waals surface area contributed by atoms with Crippen LogP contribution in [0, 0.1) is 23.8 Å². The number of carbonyl (C=O) groups excluding carboxylic acids is 3. The van der Waals surface area contributed by atoms with Crippen LogP contribution >= 0.6 is 0 Å². The highest BCUT2D eigenvalue weighted by Crippen LogP contribution is 2.19. The lowest BCUT2D eigenvalue weighted by Crippen LogP contribution is -2.43. The van der Waals surface area contributed by atoms with Crippen LogP contribution in [0.3, 0.4) is 0 Å². The number of ether oxygens (including phenoxy) is 1. The summed E-state index contributed by atoms with van der Waals surface area (Å²) in [5, 5.41) is 5.19. The molecule has 31 heavy (non-hydrogen) atoms. The Morgan fingerprint density at radius 2 is 2.00 bits per heavy atom. The van der Waals surface area contributed by atoms with E-state index in [9.17, 15) is 23.2 Å². The lowest BCUT2D eigenvalue weighted by molar-refractivity contribution is -0.123. The van der Waals surface area contributed by atoms with Crippen molar-refractivity contribution >= 4 is 23.3 Å². The van der Waals surface area contributed by atoms with Gasteiger partial charge in [0.1, 0.15) is 6.61 Å². The lowest BCUT2D eigenvalue weighted by Gasteiger charge is -2.18. The van der Waals surface area contributed by atoms with Crippen LogP contribution in [0.4, 0.5) is 14.5 Å². The number of nitrogens with two attached hydrogens (primary N) is 1. The molecule has 0 radical (unpaired) electrons. The number of unbranched alkanes of at least 4 members (excludes halogenated alkanes) is 1. The highest BCUT2D eigenvalue weighted by Gasteiger charge is 2.23. The predicted octanol–water partition coefficient (Wildman–Crippen LogP) is 2.40. The number of amides is 2. The second kappa shape index (κ2) is 11.6. The first-order valence-electron chi connectivity index (χ1n) is 9.63. The van der Waals surface area contributed by atoms with E-state index in [4.69, 9.17) is 10.5 Å². The van der Waals surface area contributed by atoms with Gasteiger partial charge >= 0.3 is 0 Å². The van der Waals surface area contributed by atoms with Gasteiger partial charge in [-0.3, -0.25) is 14.4 Å². The van der Waals surface area contributed by atoms with Gasteiger partial charge in [0.25, 0.3) is 5.91 Å². The molecule has 0 heterocycles. The molecule has 9 heteroatoms. The SMILES string of the molecule is CC(=O)Nc1cccc(C(=O)NC(CCCCN)C(=O)COc2c(F)c#ccc2F)c1. The second-order valence-corrected chi connectivity index (χ2v) is 6.73. The smallest absolute Gasteiger partial charge is 0.251 e. The molecule has 0 aromatic heterocycles. The summed E-state index contributed by atoms with van der Waals surface area (Å²) in [4.78, 5) is 36.5. The Balaban J connectivity index is 2.09. The van der Waals surface area contributed by atoms with Crippen molar-refractivity contribution in [3.63, 3.8) is 0 Å². The lowest BCUT2D eigenvalue weighted by atomic mass is 10.0. The molecule has 4 N–H and O–H groups in total. The van der Waals surface area contributed by atoms with Gasteiger partial charge in [0, 0.05) is 24.2 Å². The normalized spacial score (nSPS) is 11.2. The molecule has 2 aromatic carbocycles. The average Bonchev–Trinajstić information content (AvgIpc) is 2.72. The standard InChI is InChI=1S/C22H23F2N3O4/c1-14(28)26-16-7-4-6-15(12-16)22(30)27-19(10-2-3-11-25)20(29)13-31-21-17(23)8-5-9-18(21)24/h4,6-8,12,19H,2-3,10-11,13,25H2,1H3,(H,26,28)(H,27,30). The highest BCUT2D eigenvalue weighted by atomic mass is 19.1. The predicted molar refractivity (Wildman–Crippen MR) is 109 cm³/mol. The maximum Gasteiger partial charge on any atom is 0.251 e. The van der Waals surface area contributed by atoms with E-state index in [-0.39, 0.29) is 17.9 Å². The molecule has 0 bridgehead atoms. The molecule has 0 saturated heterocycles. The van der Waals surface area contributed by atoms with Crippen LogP contribution in [0.15, 0.2) is 30.3 Å². The van der Waals surface area contributed by atoms with Crippen molar-refractivity contribution < 1.29 is 27.9 Å². The fraction of sp³-hybridized carbons (Fsp3) is 0.318. The Kier molecular flexibility index (Phi) is 8.91. The van der Waals surface area contributed by atoms with Crippen LogP contribution in [0.25, 0.3) is 0 Å². The molecule has 1 unspecified atom stereocenters. The zero-order chi connectivity index (χ0) is 22.8. The van der Waals surface area contributed by atoms with Crippen molar-refractivity contribution in [2.45, 2.75) is 32.2 Å². The van der Waals surface area contributed by atoms with Gasteiger partial charge in [0.2, 0.25) is 17.5 Å². The summed E-state index contributed by atoms with van der Waals surface area (Å²) in [5.74, 6) is -4.25. The Hall–Kier alpha value is -3.51. The Labute approximate surface area is 179 Å². The Morgan fingerprint density at radius 3 is 2.68 bits per heavy atom. The molecule has 0 aliphatic rings. The molecule has 0 saturated carbocycles. The van der Waals surface area contributed by atoms with Gasteiger partial charge in [0.15, 0.2) is 11.6 Å². The van der Waals surface area contributed by atoms with E-state index in [1.807, 2.05) is 6.07 Å². The molecule has 2 amide bonds. The third-order valence-corrected chi connectivity index (χ3v) is 4.24. The molecule has 164 valence electrons. The average molecular weight is 431 g/mol. The first kappa shape index (κ1) is 23.8.